The van der Waals surface area contributed by atoms with Gasteiger partial charge in [0.1, 0.15) is 0 Å². The number of carbonyl (C=O) groups excluding carboxylic acids is 1. The van der Waals surface area contributed by atoms with Crippen molar-refractivity contribution in [1.29, 1.82) is 0 Å². The molecule has 0 N–H and O–H groups in total. The molecule has 1 aliphatic rings. The van der Waals surface area contributed by atoms with Crippen LogP contribution in [0.3, 0.4) is 0 Å². The van der Waals surface area contributed by atoms with Gasteiger partial charge in [-0.3, -0.25) is 14.6 Å². The zero-order chi connectivity index (χ0) is 17.3. The van der Waals surface area contributed by atoms with Crippen molar-refractivity contribution in [2.75, 3.05) is 18.5 Å². The number of aromatic nitrogens is 3. The van der Waals surface area contributed by atoms with Crippen LogP contribution in [-0.4, -0.2) is 39.5 Å². The summed E-state index contributed by atoms with van der Waals surface area (Å²) in [5, 5.41) is 6.91. The Labute approximate surface area is 145 Å². The Morgan fingerprint density at radius 1 is 1.50 bits per heavy atom. The zero-order valence-corrected chi connectivity index (χ0v) is 15.3. The maximum Gasteiger partial charge on any atom is 0.229 e. The summed E-state index contributed by atoms with van der Waals surface area (Å²) in [5.74, 6) is 1.69. The van der Waals surface area contributed by atoms with Gasteiger partial charge in [-0.1, -0.05) is 19.0 Å². The van der Waals surface area contributed by atoms with Crippen LogP contribution in [0.1, 0.15) is 63.0 Å². The van der Waals surface area contributed by atoms with Crippen LogP contribution in [-0.2, 0) is 11.3 Å². The Kier molecular flexibility index (Phi) is 4.96. The summed E-state index contributed by atoms with van der Waals surface area (Å²) in [6, 6.07) is 0.178. The fourth-order valence-electron chi connectivity index (χ4n) is 2.79. The van der Waals surface area contributed by atoms with Gasteiger partial charge in [-0.25, -0.2) is 4.98 Å². The first-order valence-electron chi connectivity index (χ1n) is 8.22. The van der Waals surface area contributed by atoms with Gasteiger partial charge in [0.05, 0.1) is 11.7 Å². The number of rotatable bonds is 5. The quantitative estimate of drug-likeness (QED) is 0.826. The average molecular weight is 349 g/mol. The molecule has 1 fully saturated rings. The maximum absolute atomic E-state index is 11.4. The third-order valence-electron chi connectivity index (χ3n) is 4.28. The van der Waals surface area contributed by atoms with E-state index in [1.807, 2.05) is 19.2 Å². The predicted molar refractivity (Wildman–Crippen MR) is 92.0 cm³/mol. The molecule has 8 heteroatoms. The monoisotopic (exact) mass is 349 g/mol. The molecular formula is C16H23N5O2S. The smallest absolute Gasteiger partial charge is 0.229 e. The van der Waals surface area contributed by atoms with Crippen molar-refractivity contribution in [2.24, 2.45) is 0 Å². The molecule has 1 aliphatic heterocycles. The summed E-state index contributed by atoms with van der Waals surface area (Å²) in [7, 11) is 1.75. The highest BCUT2D eigenvalue weighted by atomic mass is 32.1. The van der Waals surface area contributed by atoms with Gasteiger partial charge in [-0.15, -0.1) is 11.3 Å². The Balaban J connectivity index is 1.71. The third kappa shape index (κ3) is 3.49. The summed E-state index contributed by atoms with van der Waals surface area (Å²) >= 11 is 1.49. The van der Waals surface area contributed by atoms with Gasteiger partial charge in [-0.05, 0) is 19.4 Å². The zero-order valence-electron chi connectivity index (χ0n) is 14.5. The van der Waals surface area contributed by atoms with Crippen LogP contribution in [0.25, 0.3) is 0 Å². The van der Waals surface area contributed by atoms with Crippen molar-refractivity contribution in [2.45, 2.75) is 52.1 Å². The number of likely N-dealkylation sites (tertiary alicyclic amines) is 1. The van der Waals surface area contributed by atoms with E-state index in [4.69, 9.17) is 4.52 Å². The van der Waals surface area contributed by atoms with Gasteiger partial charge in [0.15, 0.2) is 11.0 Å². The first kappa shape index (κ1) is 17.0. The highest BCUT2D eigenvalue weighted by Crippen LogP contribution is 2.32. The minimum atomic E-state index is -0.0111. The summed E-state index contributed by atoms with van der Waals surface area (Å²) in [6.45, 7) is 7.36. The molecule has 1 saturated heterocycles. The number of nitrogens with zero attached hydrogens (tertiary/aromatic N) is 5. The van der Waals surface area contributed by atoms with Crippen LogP contribution in [0.4, 0.5) is 5.13 Å². The minimum Gasteiger partial charge on any atom is -0.339 e. The number of amides is 1. The van der Waals surface area contributed by atoms with Gasteiger partial charge in [0.25, 0.3) is 0 Å². The predicted octanol–water partition coefficient (Wildman–Crippen LogP) is 2.97. The molecule has 0 radical (unpaired) electrons. The van der Waals surface area contributed by atoms with E-state index in [0.29, 0.717) is 5.89 Å². The normalized spacial score (nSPS) is 18.5. The summed E-state index contributed by atoms with van der Waals surface area (Å²) < 4.78 is 5.35. The highest BCUT2D eigenvalue weighted by Gasteiger charge is 2.31. The molecule has 3 rings (SSSR count). The lowest BCUT2D eigenvalue weighted by atomic mass is 10.2. The van der Waals surface area contributed by atoms with Crippen LogP contribution in [0.2, 0.25) is 0 Å². The average Bonchev–Trinajstić information content (AvgIpc) is 3.26. The van der Waals surface area contributed by atoms with Crippen molar-refractivity contribution in [3.63, 3.8) is 0 Å². The number of anilines is 1. The largest absolute Gasteiger partial charge is 0.339 e. The standard InChI is InChI=1S/C16H23N5O2S/c1-10(2)15-18-14(19-23-15)13-6-5-7-21(13)8-12-9-24-16(17-12)20(4)11(3)22/h9-10,13H,5-8H2,1-4H3. The van der Waals surface area contributed by atoms with E-state index in [-0.39, 0.29) is 17.9 Å². The van der Waals surface area contributed by atoms with Gasteiger partial charge in [0.2, 0.25) is 11.8 Å². The Morgan fingerprint density at radius 3 is 2.96 bits per heavy atom. The summed E-state index contributed by atoms with van der Waals surface area (Å²) in [4.78, 5) is 24.5. The molecule has 1 atom stereocenters. The highest BCUT2D eigenvalue weighted by molar-refractivity contribution is 7.14. The first-order chi connectivity index (χ1) is 11.5. The van der Waals surface area contributed by atoms with Crippen LogP contribution < -0.4 is 4.90 Å². The first-order valence-corrected chi connectivity index (χ1v) is 9.10. The minimum absolute atomic E-state index is 0.0111. The SMILES string of the molecule is CC(=O)N(C)c1nc(CN2CCCC2c2noc(C(C)C)n2)cs1. The van der Waals surface area contributed by atoms with E-state index in [0.717, 1.165) is 42.6 Å². The molecule has 130 valence electrons. The molecular weight excluding hydrogens is 326 g/mol. The Morgan fingerprint density at radius 2 is 2.29 bits per heavy atom. The molecule has 7 nitrogen and oxygen atoms in total. The second-order valence-corrected chi connectivity index (χ2v) is 7.31. The molecule has 2 aromatic heterocycles. The molecule has 1 unspecified atom stereocenters. The lowest BCUT2D eigenvalue weighted by Crippen LogP contribution is -2.24. The number of hydrogen-bond acceptors (Lipinski definition) is 7. The van der Waals surface area contributed by atoms with E-state index < -0.39 is 0 Å². The molecule has 3 heterocycles. The van der Waals surface area contributed by atoms with E-state index in [1.165, 1.54) is 11.3 Å². The van der Waals surface area contributed by atoms with Gasteiger partial charge in [0, 0.05) is 31.8 Å². The summed E-state index contributed by atoms with van der Waals surface area (Å²) in [6.07, 6.45) is 2.14. The fourth-order valence-corrected chi connectivity index (χ4v) is 3.62. The lowest BCUT2D eigenvalue weighted by molar-refractivity contribution is -0.116. The molecule has 24 heavy (non-hydrogen) atoms. The molecule has 2 aromatic rings. The summed E-state index contributed by atoms with van der Waals surface area (Å²) in [5.41, 5.74) is 0.975. The van der Waals surface area contributed by atoms with Crippen LogP contribution in [0, 0.1) is 0 Å². The van der Waals surface area contributed by atoms with Gasteiger partial charge >= 0.3 is 0 Å². The van der Waals surface area contributed by atoms with Crippen LogP contribution >= 0.6 is 11.3 Å². The Bertz CT molecular complexity index is 711. The van der Waals surface area contributed by atoms with E-state index in [9.17, 15) is 4.79 Å². The van der Waals surface area contributed by atoms with Crippen LogP contribution in [0.5, 0.6) is 0 Å². The fraction of sp³-hybridized carbons (Fsp3) is 0.625. The second-order valence-electron chi connectivity index (χ2n) is 6.47. The topological polar surface area (TPSA) is 75.4 Å². The Hall–Kier alpha value is -1.80. The van der Waals surface area contributed by atoms with Gasteiger partial charge in [-0.2, -0.15) is 4.98 Å². The van der Waals surface area contributed by atoms with Crippen molar-refractivity contribution in [1.82, 2.24) is 20.0 Å². The molecule has 0 spiro atoms. The van der Waals surface area contributed by atoms with E-state index in [1.54, 1.807) is 18.9 Å². The lowest BCUT2D eigenvalue weighted by Gasteiger charge is -2.20. The number of thiazole rings is 1. The molecule has 0 aromatic carbocycles. The maximum atomic E-state index is 11.4. The molecule has 0 saturated carbocycles. The molecule has 1 amide bonds. The number of carbonyl (C=O) groups is 1. The van der Waals surface area contributed by atoms with Crippen LogP contribution in [0.15, 0.2) is 9.90 Å². The van der Waals surface area contributed by atoms with E-state index >= 15 is 0 Å². The molecule has 0 bridgehead atoms. The second kappa shape index (κ2) is 6.98. The van der Waals surface area contributed by atoms with Gasteiger partial charge < -0.3 is 4.52 Å². The van der Waals surface area contributed by atoms with Crippen molar-refractivity contribution < 1.29 is 9.32 Å². The van der Waals surface area contributed by atoms with Crippen molar-refractivity contribution in [3.8, 4) is 0 Å². The molecule has 0 aliphatic carbocycles. The van der Waals surface area contributed by atoms with Crippen molar-refractivity contribution in [3.05, 3.63) is 22.8 Å². The van der Waals surface area contributed by atoms with E-state index in [2.05, 4.69) is 20.0 Å². The van der Waals surface area contributed by atoms with Crippen molar-refractivity contribution >= 4 is 22.4 Å². The third-order valence-corrected chi connectivity index (χ3v) is 5.24. The number of hydrogen-bond donors (Lipinski definition) is 0.